The summed E-state index contributed by atoms with van der Waals surface area (Å²) < 4.78 is 2.39. The van der Waals surface area contributed by atoms with Gasteiger partial charge in [0.25, 0.3) is 0 Å². The number of hydrogen-bond acceptors (Lipinski definition) is 1. The zero-order valence-electron chi connectivity index (χ0n) is 6.74. The zero-order valence-corrected chi connectivity index (χ0v) is 7.89. The maximum absolute atomic E-state index is 4.10. The lowest BCUT2D eigenvalue weighted by Crippen LogP contribution is -2.24. The third-order valence-electron chi connectivity index (χ3n) is 2.52. The first-order chi connectivity index (χ1) is 5.47. The van der Waals surface area contributed by atoms with Crippen LogP contribution < -0.4 is 0 Å². The summed E-state index contributed by atoms with van der Waals surface area (Å²) in [7, 11) is -0.581. The van der Waals surface area contributed by atoms with Gasteiger partial charge in [-0.1, -0.05) is 19.3 Å². The Labute approximate surface area is 68.9 Å². The first-order valence-electron chi connectivity index (χ1n) is 4.44. The van der Waals surface area contributed by atoms with Crippen LogP contribution in [-0.4, -0.2) is 18.2 Å². The van der Waals surface area contributed by atoms with Gasteiger partial charge < -0.3 is 4.23 Å². The van der Waals surface area contributed by atoms with E-state index in [-0.39, 0.29) is 0 Å². The van der Waals surface area contributed by atoms with Crippen LogP contribution in [0.1, 0.15) is 19.3 Å². The lowest BCUT2D eigenvalue weighted by molar-refractivity contribution is 0.712. The first kappa shape index (κ1) is 7.10. The van der Waals surface area contributed by atoms with Crippen molar-refractivity contribution in [3.05, 3.63) is 18.7 Å². The van der Waals surface area contributed by atoms with Crippen molar-refractivity contribution in [2.45, 2.75) is 31.4 Å². The molecule has 60 valence electrons. The number of hydrogen-bond donors (Lipinski definition) is 0. The van der Waals surface area contributed by atoms with E-state index < -0.39 is 8.96 Å². The Morgan fingerprint density at radius 3 is 2.64 bits per heavy atom. The second-order valence-corrected chi connectivity index (χ2v) is 6.36. The Bertz CT molecular complexity index is 202. The molecule has 0 unspecified atom stereocenters. The van der Waals surface area contributed by atoms with E-state index in [1.807, 2.05) is 12.5 Å². The molecule has 0 radical (unpaired) electrons. The summed E-state index contributed by atoms with van der Waals surface area (Å²) in [6.07, 6.45) is 10.4. The monoisotopic (exact) mass is 166 g/mol. The predicted octanol–water partition coefficient (Wildman–Crippen LogP) is 1.64. The van der Waals surface area contributed by atoms with Crippen molar-refractivity contribution in [1.29, 1.82) is 0 Å². The van der Waals surface area contributed by atoms with Crippen LogP contribution in [0.2, 0.25) is 12.1 Å². The van der Waals surface area contributed by atoms with Gasteiger partial charge in [-0.2, -0.15) is 0 Å². The maximum Gasteiger partial charge on any atom is 0.147 e. The molecule has 0 N–H and O–H groups in total. The van der Waals surface area contributed by atoms with Gasteiger partial charge in [0, 0.05) is 12.4 Å². The van der Waals surface area contributed by atoms with Gasteiger partial charge in [-0.25, -0.2) is 4.98 Å². The van der Waals surface area contributed by atoms with Crippen molar-refractivity contribution >= 4 is 8.96 Å². The molecule has 1 saturated heterocycles. The molecule has 2 nitrogen and oxygen atoms in total. The van der Waals surface area contributed by atoms with Gasteiger partial charge in [0.2, 0.25) is 0 Å². The summed E-state index contributed by atoms with van der Waals surface area (Å²) in [4.78, 5) is 4.10. The van der Waals surface area contributed by atoms with Crippen LogP contribution in [-0.2, 0) is 0 Å². The molecular weight excluding hydrogens is 152 g/mol. The highest BCUT2D eigenvalue weighted by molar-refractivity contribution is 6.57. The maximum atomic E-state index is 4.10. The van der Waals surface area contributed by atoms with Crippen LogP contribution >= 0.6 is 0 Å². The normalized spacial score (nSPS) is 20.4. The van der Waals surface area contributed by atoms with Gasteiger partial charge in [0.1, 0.15) is 8.96 Å². The molecule has 0 saturated carbocycles. The third-order valence-corrected chi connectivity index (χ3v) is 5.82. The predicted molar refractivity (Wildman–Crippen MR) is 48.2 cm³/mol. The Hall–Kier alpha value is -0.573. The fourth-order valence-corrected chi connectivity index (χ4v) is 4.86. The summed E-state index contributed by atoms with van der Waals surface area (Å²) in [6, 6.07) is 2.96. The van der Waals surface area contributed by atoms with Crippen molar-refractivity contribution in [2.24, 2.45) is 0 Å². The lowest BCUT2D eigenvalue weighted by Gasteiger charge is -2.20. The Morgan fingerprint density at radius 1 is 1.18 bits per heavy atom. The van der Waals surface area contributed by atoms with Crippen LogP contribution in [0.15, 0.2) is 18.7 Å². The highest BCUT2D eigenvalue weighted by Gasteiger charge is 2.15. The van der Waals surface area contributed by atoms with Gasteiger partial charge in [0.05, 0.1) is 6.33 Å². The molecule has 1 aromatic rings. The standard InChI is InChI=1S/C8H14N2Si/c1-2-6-11(7-3-1)10-5-4-9-8-10/h4-5,8,11H,1-3,6-7H2. The van der Waals surface area contributed by atoms with E-state index in [0.29, 0.717) is 0 Å². The topological polar surface area (TPSA) is 17.8 Å². The first-order valence-corrected chi connectivity index (χ1v) is 6.59. The Balaban J connectivity index is 2.04. The number of aromatic nitrogens is 2. The molecule has 1 fully saturated rings. The average Bonchev–Trinajstić information content (AvgIpc) is 2.58. The second kappa shape index (κ2) is 3.22. The van der Waals surface area contributed by atoms with E-state index in [0.717, 1.165) is 0 Å². The third kappa shape index (κ3) is 1.53. The summed E-state index contributed by atoms with van der Waals surface area (Å²) in [5, 5.41) is 0. The average molecular weight is 166 g/mol. The summed E-state index contributed by atoms with van der Waals surface area (Å²) in [6.45, 7) is 0. The number of nitrogens with zero attached hydrogens (tertiary/aromatic N) is 2. The highest BCUT2D eigenvalue weighted by Crippen LogP contribution is 2.19. The second-order valence-electron chi connectivity index (χ2n) is 3.30. The Morgan fingerprint density at radius 2 is 2.00 bits per heavy atom. The van der Waals surface area contributed by atoms with E-state index in [9.17, 15) is 0 Å². The zero-order chi connectivity index (χ0) is 7.52. The van der Waals surface area contributed by atoms with Crippen molar-refractivity contribution < 1.29 is 0 Å². The minimum atomic E-state index is -0.581. The molecule has 1 aliphatic heterocycles. The van der Waals surface area contributed by atoms with Gasteiger partial charge >= 0.3 is 0 Å². The molecule has 0 amide bonds. The van der Waals surface area contributed by atoms with Gasteiger partial charge in [-0.05, 0) is 12.1 Å². The van der Waals surface area contributed by atoms with Crippen molar-refractivity contribution in [3.8, 4) is 0 Å². The van der Waals surface area contributed by atoms with Crippen LogP contribution in [0.25, 0.3) is 0 Å². The molecule has 3 heteroatoms. The summed E-state index contributed by atoms with van der Waals surface area (Å²) >= 11 is 0. The molecule has 0 aromatic carbocycles. The molecule has 0 spiro atoms. The van der Waals surface area contributed by atoms with Crippen LogP contribution in [0.3, 0.4) is 0 Å². The van der Waals surface area contributed by atoms with Gasteiger partial charge in [0.15, 0.2) is 0 Å². The minimum Gasteiger partial charge on any atom is -0.367 e. The lowest BCUT2D eigenvalue weighted by atomic mass is 10.3. The fraction of sp³-hybridized carbons (Fsp3) is 0.625. The number of rotatable bonds is 1. The van der Waals surface area contributed by atoms with E-state index in [1.54, 1.807) is 0 Å². The smallest absolute Gasteiger partial charge is 0.147 e. The van der Waals surface area contributed by atoms with E-state index >= 15 is 0 Å². The molecule has 0 bridgehead atoms. The molecule has 0 aliphatic carbocycles. The van der Waals surface area contributed by atoms with Crippen molar-refractivity contribution in [2.75, 3.05) is 0 Å². The molecule has 2 rings (SSSR count). The highest BCUT2D eigenvalue weighted by atomic mass is 28.3. The van der Waals surface area contributed by atoms with E-state index in [1.165, 1.54) is 31.4 Å². The minimum absolute atomic E-state index is 0.581. The summed E-state index contributed by atoms with van der Waals surface area (Å²) in [5.74, 6) is 0. The Kier molecular flexibility index (Phi) is 2.07. The van der Waals surface area contributed by atoms with Gasteiger partial charge in [-0.15, -0.1) is 0 Å². The quantitative estimate of drug-likeness (QED) is 0.580. The molecule has 2 heterocycles. The summed E-state index contributed by atoms with van der Waals surface area (Å²) in [5.41, 5.74) is 0. The van der Waals surface area contributed by atoms with Crippen molar-refractivity contribution in [3.63, 3.8) is 0 Å². The number of imidazole rings is 1. The molecule has 0 atom stereocenters. The van der Waals surface area contributed by atoms with Gasteiger partial charge in [-0.3, -0.25) is 0 Å². The van der Waals surface area contributed by atoms with Crippen molar-refractivity contribution in [1.82, 2.24) is 9.22 Å². The molecular formula is C8H14N2Si. The van der Waals surface area contributed by atoms with E-state index in [2.05, 4.69) is 15.4 Å². The van der Waals surface area contributed by atoms with Crippen LogP contribution in [0.5, 0.6) is 0 Å². The molecule has 11 heavy (non-hydrogen) atoms. The van der Waals surface area contributed by atoms with Crippen LogP contribution in [0, 0.1) is 0 Å². The van der Waals surface area contributed by atoms with E-state index in [4.69, 9.17) is 0 Å². The largest absolute Gasteiger partial charge is 0.367 e. The fourth-order valence-electron chi connectivity index (χ4n) is 1.86. The van der Waals surface area contributed by atoms with Crippen LogP contribution in [0.4, 0.5) is 0 Å². The SMILES string of the molecule is c1cn([SiH]2CCCCC2)cn1. The molecule has 1 aromatic heterocycles. The molecule has 1 aliphatic rings.